The number of hydrogen-bond donors (Lipinski definition) is 1. The molecule has 0 fully saturated rings. The molecule has 0 spiro atoms. The van der Waals surface area contributed by atoms with E-state index in [2.05, 4.69) is 15.3 Å². The molecule has 2 heterocycles. The lowest BCUT2D eigenvalue weighted by atomic mass is 10.2. The number of amides is 1. The van der Waals surface area contributed by atoms with Crippen molar-refractivity contribution >= 4 is 34.8 Å². The van der Waals surface area contributed by atoms with E-state index < -0.39 is 0 Å². The predicted molar refractivity (Wildman–Crippen MR) is 66.4 cm³/mol. The number of aromatic nitrogens is 2. The Kier molecular flexibility index (Phi) is 3.56. The van der Waals surface area contributed by atoms with Crippen LogP contribution in [0.3, 0.4) is 0 Å². The van der Waals surface area contributed by atoms with E-state index in [1.54, 1.807) is 30.5 Å². The molecule has 1 amide bonds. The Labute approximate surface area is 108 Å². The van der Waals surface area contributed by atoms with Crippen LogP contribution in [0.4, 0.5) is 5.69 Å². The average molecular weight is 268 g/mol. The molecule has 0 atom stereocenters. The first kappa shape index (κ1) is 11.8. The topological polar surface area (TPSA) is 54.9 Å². The van der Waals surface area contributed by atoms with Gasteiger partial charge in [0.1, 0.15) is 5.15 Å². The molecule has 1 N–H and O–H groups in total. The van der Waals surface area contributed by atoms with Crippen molar-refractivity contribution in [1.82, 2.24) is 9.97 Å². The van der Waals surface area contributed by atoms with Gasteiger partial charge in [0.25, 0.3) is 5.91 Å². The predicted octanol–water partition coefficient (Wildman–Crippen LogP) is 3.04. The minimum Gasteiger partial charge on any atom is -0.319 e. The van der Waals surface area contributed by atoms with E-state index in [-0.39, 0.29) is 16.2 Å². The molecule has 0 aromatic carbocycles. The zero-order valence-electron chi connectivity index (χ0n) is 8.52. The zero-order valence-corrected chi connectivity index (χ0v) is 10.0. The maximum absolute atomic E-state index is 11.8. The fourth-order valence-corrected chi connectivity index (χ4v) is 1.59. The third kappa shape index (κ3) is 2.93. The number of nitrogens with zero attached hydrogens (tertiary/aromatic N) is 2. The van der Waals surface area contributed by atoms with Crippen LogP contribution >= 0.6 is 23.2 Å². The van der Waals surface area contributed by atoms with Crippen LogP contribution < -0.4 is 5.32 Å². The number of carbonyl (C=O) groups excluding carboxylic acids is 1. The number of nitrogens with one attached hydrogen (secondary N) is 1. The van der Waals surface area contributed by atoms with Gasteiger partial charge >= 0.3 is 0 Å². The monoisotopic (exact) mass is 267 g/mol. The van der Waals surface area contributed by atoms with E-state index >= 15 is 0 Å². The van der Waals surface area contributed by atoms with Gasteiger partial charge in [0.15, 0.2) is 5.15 Å². The summed E-state index contributed by atoms with van der Waals surface area (Å²) in [5, 5.41) is 3.04. The smallest absolute Gasteiger partial charge is 0.257 e. The highest BCUT2D eigenvalue weighted by Gasteiger charge is 2.09. The second kappa shape index (κ2) is 5.12. The normalized spacial score (nSPS) is 10.0. The van der Waals surface area contributed by atoms with Gasteiger partial charge in [0.2, 0.25) is 0 Å². The van der Waals surface area contributed by atoms with E-state index in [1.807, 2.05) is 0 Å². The quantitative estimate of drug-likeness (QED) is 0.851. The maximum Gasteiger partial charge on any atom is 0.257 e. The molecule has 2 aromatic heterocycles. The minimum absolute atomic E-state index is 0.148. The van der Waals surface area contributed by atoms with E-state index in [9.17, 15) is 4.79 Å². The van der Waals surface area contributed by atoms with Gasteiger partial charge in [0.05, 0.1) is 11.3 Å². The number of carbonyl (C=O) groups is 1. The Morgan fingerprint density at radius 1 is 1.24 bits per heavy atom. The summed E-state index contributed by atoms with van der Waals surface area (Å²) in [6.07, 6.45) is 3.06. The Balaban J connectivity index is 2.19. The van der Waals surface area contributed by atoms with Crippen molar-refractivity contribution in [3.63, 3.8) is 0 Å². The minimum atomic E-state index is -0.302. The molecule has 2 rings (SSSR count). The number of hydrogen-bond acceptors (Lipinski definition) is 3. The summed E-state index contributed by atoms with van der Waals surface area (Å²) >= 11 is 11.5. The van der Waals surface area contributed by atoms with Crippen LogP contribution in [0, 0.1) is 0 Å². The van der Waals surface area contributed by atoms with Crippen LogP contribution in [0.2, 0.25) is 10.3 Å². The Hall–Kier alpha value is -1.65. The van der Waals surface area contributed by atoms with Crippen LogP contribution in [0.15, 0.2) is 36.7 Å². The lowest BCUT2D eigenvalue weighted by molar-refractivity contribution is 0.102. The second-order valence-corrected chi connectivity index (χ2v) is 3.91. The average Bonchev–Trinajstić information content (AvgIpc) is 2.34. The third-order valence-electron chi connectivity index (χ3n) is 1.99. The first-order valence-electron chi connectivity index (χ1n) is 4.70. The molecule has 17 heavy (non-hydrogen) atoms. The molecule has 0 saturated heterocycles. The van der Waals surface area contributed by atoms with E-state index in [0.29, 0.717) is 11.3 Å². The van der Waals surface area contributed by atoms with Gasteiger partial charge in [-0.25, -0.2) is 4.98 Å². The molecule has 6 heteroatoms. The fraction of sp³-hybridized carbons (Fsp3) is 0. The summed E-state index contributed by atoms with van der Waals surface area (Å²) in [6.45, 7) is 0. The van der Waals surface area contributed by atoms with E-state index in [1.165, 1.54) is 6.20 Å². The van der Waals surface area contributed by atoms with Gasteiger partial charge in [-0.05, 0) is 24.3 Å². The summed E-state index contributed by atoms with van der Waals surface area (Å²) < 4.78 is 0. The fourth-order valence-electron chi connectivity index (χ4n) is 1.20. The van der Waals surface area contributed by atoms with Crippen LogP contribution in [-0.4, -0.2) is 15.9 Å². The highest BCUT2D eigenvalue weighted by molar-refractivity contribution is 6.34. The van der Waals surface area contributed by atoms with Crippen molar-refractivity contribution in [2.24, 2.45) is 0 Å². The van der Waals surface area contributed by atoms with Gasteiger partial charge in [0, 0.05) is 12.4 Å². The SMILES string of the molecule is O=C(Nc1ccc(Cl)nc1Cl)c1cccnc1. The molecular formula is C11H7Cl2N3O. The molecule has 4 nitrogen and oxygen atoms in total. The molecule has 2 aromatic rings. The van der Waals surface area contributed by atoms with Gasteiger partial charge in [-0.15, -0.1) is 0 Å². The Bertz CT molecular complexity index is 546. The van der Waals surface area contributed by atoms with Crippen LogP contribution in [0.1, 0.15) is 10.4 Å². The Morgan fingerprint density at radius 3 is 2.71 bits per heavy atom. The first-order chi connectivity index (χ1) is 8.16. The zero-order chi connectivity index (χ0) is 12.3. The molecule has 0 bridgehead atoms. The highest BCUT2D eigenvalue weighted by Crippen LogP contribution is 2.21. The number of rotatable bonds is 2. The van der Waals surface area contributed by atoms with Gasteiger partial charge < -0.3 is 5.32 Å². The molecular weight excluding hydrogens is 261 g/mol. The molecule has 0 aliphatic carbocycles. The van der Waals surface area contributed by atoms with Crippen molar-refractivity contribution in [1.29, 1.82) is 0 Å². The van der Waals surface area contributed by atoms with Gasteiger partial charge in [-0.3, -0.25) is 9.78 Å². The molecule has 0 unspecified atom stereocenters. The maximum atomic E-state index is 11.8. The van der Waals surface area contributed by atoms with Crippen molar-refractivity contribution in [3.8, 4) is 0 Å². The molecule has 0 aliphatic heterocycles. The standard InChI is InChI=1S/C11H7Cl2N3O/c12-9-4-3-8(10(13)16-9)15-11(17)7-2-1-5-14-6-7/h1-6H,(H,15,17). The lowest BCUT2D eigenvalue weighted by Gasteiger charge is -2.06. The summed E-state index contributed by atoms with van der Waals surface area (Å²) in [4.78, 5) is 19.5. The van der Waals surface area contributed by atoms with Gasteiger partial charge in [-0.2, -0.15) is 0 Å². The molecule has 0 radical (unpaired) electrons. The van der Waals surface area contributed by atoms with Crippen molar-refractivity contribution in [3.05, 3.63) is 52.5 Å². The summed E-state index contributed by atoms with van der Waals surface area (Å²) in [6, 6.07) is 6.47. The first-order valence-corrected chi connectivity index (χ1v) is 5.46. The van der Waals surface area contributed by atoms with Crippen molar-refractivity contribution in [2.75, 3.05) is 5.32 Å². The molecule has 86 valence electrons. The van der Waals surface area contributed by atoms with Crippen LogP contribution in [0.25, 0.3) is 0 Å². The van der Waals surface area contributed by atoms with Crippen LogP contribution in [-0.2, 0) is 0 Å². The highest BCUT2D eigenvalue weighted by atomic mass is 35.5. The number of halogens is 2. The number of pyridine rings is 2. The van der Waals surface area contributed by atoms with Crippen LogP contribution in [0.5, 0.6) is 0 Å². The number of anilines is 1. The summed E-state index contributed by atoms with van der Waals surface area (Å²) in [7, 11) is 0. The summed E-state index contributed by atoms with van der Waals surface area (Å²) in [5.74, 6) is -0.302. The largest absolute Gasteiger partial charge is 0.319 e. The lowest BCUT2D eigenvalue weighted by Crippen LogP contribution is -2.12. The van der Waals surface area contributed by atoms with E-state index in [4.69, 9.17) is 23.2 Å². The summed E-state index contributed by atoms with van der Waals surface area (Å²) in [5.41, 5.74) is 0.850. The van der Waals surface area contributed by atoms with Gasteiger partial charge in [-0.1, -0.05) is 23.2 Å². The van der Waals surface area contributed by atoms with E-state index in [0.717, 1.165) is 0 Å². The van der Waals surface area contributed by atoms with Crippen molar-refractivity contribution in [2.45, 2.75) is 0 Å². The molecule has 0 aliphatic rings. The molecule has 0 saturated carbocycles. The Morgan fingerprint density at radius 2 is 2.06 bits per heavy atom. The van der Waals surface area contributed by atoms with Crippen molar-refractivity contribution < 1.29 is 4.79 Å². The third-order valence-corrected chi connectivity index (χ3v) is 2.49. The second-order valence-electron chi connectivity index (χ2n) is 3.17.